The number of guanidine groups is 1. The predicted molar refractivity (Wildman–Crippen MR) is 95.4 cm³/mol. The van der Waals surface area contributed by atoms with Gasteiger partial charge >= 0.3 is 12.0 Å². The van der Waals surface area contributed by atoms with Crippen molar-refractivity contribution in [1.29, 1.82) is 0 Å². The largest absolute Gasteiger partial charge is 0.397 e. The molecule has 0 aromatic heterocycles. The van der Waals surface area contributed by atoms with Gasteiger partial charge in [0, 0.05) is 31.1 Å². The Labute approximate surface area is 150 Å². The number of amidine groups is 1. The number of benzene rings is 1. The number of carbonyl (C=O) groups is 2. The second kappa shape index (κ2) is 5.56. The van der Waals surface area contributed by atoms with Gasteiger partial charge in [-0.15, -0.1) is 0 Å². The molecule has 4 rings (SSSR count). The van der Waals surface area contributed by atoms with E-state index in [2.05, 4.69) is 9.89 Å². The van der Waals surface area contributed by atoms with Gasteiger partial charge < -0.3 is 0 Å². The molecule has 0 saturated carbocycles. The number of urea groups is 1. The van der Waals surface area contributed by atoms with Crippen LogP contribution in [0.25, 0.3) is 0 Å². The molecular weight excluding hydrogens is 342 g/mol. The van der Waals surface area contributed by atoms with Gasteiger partial charge in [-0.3, -0.25) is 14.6 Å². The van der Waals surface area contributed by atoms with Crippen LogP contribution in [0.3, 0.4) is 0 Å². The summed E-state index contributed by atoms with van der Waals surface area (Å²) in [6.45, 7) is 3.49. The molecule has 1 aromatic rings. The zero-order chi connectivity index (χ0) is 17.9. The molecule has 1 aromatic carbocycles. The van der Waals surface area contributed by atoms with E-state index in [4.69, 9.17) is 11.6 Å². The summed E-state index contributed by atoms with van der Waals surface area (Å²) in [6, 6.07) is 4.88. The molecule has 3 heterocycles. The molecule has 0 spiro atoms. The van der Waals surface area contributed by atoms with Crippen LogP contribution in [-0.2, 0) is 4.79 Å². The van der Waals surface area contributed by atoms with Crippen LogP contribution < -0.4 is 4.90 Å². The van der Waals surface area contributed by atoms with E-state index < -0.39 is 6.04 Å². The standard InChI is InChI=1S/C17H19ClN5O2/c1-10-11(18)6-4-7-12(10)22-8-5-9-23-13-14(19-16(22)23)20(2)17(25)21(3)15(13)24/h4,6-7,13H,5,8-9H2,1-3H3/q+1. The Morgan fingerprint density at radius 1 is 1.24 bits per heavy atom. The summed E-state index contributed by atoms with van der Waals surface area (Å²) in [7, 11) is 3.17. The first-order valence-corrected chi connectivity index (χ1v) is 8.59. The van der Waals surface area contributed by atoms with Gasteiger partial charge in [-0.25, -0.2) is 14.3 Å². The minimum atomic E-state index is -0.537. The number of halogens is 1. The van der Waals surface area contributed by atoms with Gasteiger partial charge in [0.25, 0.3) is 5.91 Å². The average Bonchev–Trinajstić information content (AvgIpc) is 3.00. The Hall–Kier alpha value is -2.41. The monoisotopic (exact) mass is 360 g/mol. The highest BCUT2D eigenvalue weighted by Crippen LogP contribution is 2.30. The van der Waals surface area contributed by atoms with Crippen molar-refractivity contribution in [1.82, 2.24) is 9.80 Å². The first-order chi connectivity index (χ1) is 11.9. The highest BCUT2D eigenvalue weighted by atomic mass is 35.5. The molecule has 0 aliphatic carbocycles. The molecule has 7 nitrogen and oxygen atoms in total. The number of aliphatic imine (C=N–C) groups is 1. The lowest BCUT2D eigenvalue weighted by Gasteiger charge is -2.32. The molecule has 130 valence electrons. The van der Waals surface area contributed by atoms with E-state index in [0.29, 0.717) is 16.8 Å². The Morgan fingerprint density at radius 2 is 2.00 bits per heavy atom. The van der Waals surface area contributed by atoms with Gasteiger partial charge in [0.05, 0.1) is 13.1 Å². The van der Waals surface area contributed by atoms with E-state index in [1.807, 2.05) is 29.7 Å². The molecule has 0 bridgehead atoms. The Balaban J connectivity index is 1.83. The number of amides is 3. The fourth-order valence-corrected chi connectivity index (χ4v) is 3.82. The van der Waals surface area contributed by atoms with Crippen LogP contribution >= 0.6 is 11.6 Å². The maximum Gasteiger partial charge on any atom is 0.397 e. The van der Waals surface area contributed by atoms with Gasteiger partial charge in [0.15, 0.2) is 0 Å². The van der Waals surface area contributed by atoms with Crippen LogP contribution in [0.15, 0.2) is 23.2 Å². The molecule has 1 fully saturated rings. The number of fused-ring (bicyclic) bond motifs is 2. The molecule has 0 N–H and O–H groups in total. The number of rotatable bonds is 1. The molecule has 3 aliphatic heterocycles. The van der Waals surface area contributed by atoms with Crippen molar-refractivity contribution in [2.75, 3.05) is 32.1 Å². The first-order valence-electron chi connectivity index (χ1n) is 8.22. The Morgan fingerprint density at radius 3 is 2.76 bits per heavy atom. The maximum absolute atomic E-state index is 12.7. The van der Waals surface area contributed by atoms with Crippen molar-refractivity contribution < 1.29 is 14.2 Å². The number of carbonyl (C=O) groups excluding carboxylic acids is 2. The summed E-state index contributed by atoms with van der Waals surface area (Å²) < 4.78 is 1.99. The predicted octanol–water partition coefficient (Wildman–Crippen LogP) is 1.53. The summed E-state index contributed by atoms with van der Waals surface area (Å²) >= 11 is 6.28. The van der Waals surface area contributed by atoms with E-state index in [9.17, 15) is 9.59 Å². The molecule has 3 amide bonds. The molecule has 8 heteroatoms. The zero-order valence-electron chi connectivity index (χ0n) is 14.4. The quantitative estimate of drug-likeness (QED) is 0.714. The number of nitrogens with zero attached hydrogens (tertiary/aromatic N) is 5. The third kappa shape index (κ3) is 2.18. The highest BCUT2D eigenvalue weighted by molar-refractivity contribution is 6.32. The van der Waals surface area contributed by atoms with Gasteiger partial charge in [-0.2, -0.15) is 0 Å². The normalized spacial score (nSPS) is 23.1. The first kappa shape index (κ1) is 16.1. The van der Waals surface area contributed by atoms with Crippen LogP contribution in [0.2, 0.25) is 5.02 Å². The van der Waals surface area contributed by atoms with Crippen LogP contribution in [0, 0.1) is 6.92 Å². The van der Waals surface area contributed by atoms with Gasteiger partial charge in [-0.1, -0.05) is 22.7 Å². The molecule has 1 unspecified atom stereocenters. The van der Waals surface area contributed by atoms with Crippen LogP contribution in [0.1, 0.15) is 12.0 Å². The summed E-state index contributed by atoms with van der Waals surface area (Å²) in [6.07, 6.45) is 0.892. The zero-order valence-corrected chi connectivity index (χ0v) is 15.1. The third-order valence-corrected chi connectivity index (χ3v) is 5.47. The molecule has 1 saturated heterocycles. The smallest absolute Gasteiger partial charge is 0.270 e. The molecule has 25 heavy (non-hydrogen) atoms. The van der Waals surface area contributed by atoms with Gasteiger partial charge in [0.1, 0.15) is 5.69 Å². The van der Waals surface area contributed by atoms with E-state index in [1.54, 1.807) is 7.05 Å². The van der Waals surface area contributed by atoms with Crippen molar-refractivity contribution >= 4 is 41.0 Å². The molecular formula is C17H19ClN5O2+. The van der Waals surface area contributed by atoms with Crippen molar-refractivity contribution in [3.8, 4) is 0 Å². The number of anilines is 1. The molecule has 3 aliphatic rings. The van der Waals surface area contributed by atoms with Gasteiger partial charge in [0.2, 0.25) is 11.9 Å². The van der Waals surface area contributed by atoms with Crippen LogP contribution in [0.5, 0.6) is 0 Å². The van der Waals surface area contributed by atoms with Crippen LogP contribution in [0.4, 0.5) is 10.5 Å². The summed E-state index contributed by atoms with van der Waals surface area (Å²) in [5.41, 5.74) is 1.95. The summed E-state index contributed by atoms with van der Waals surface area (Å²) in [5, 5.41) is 0.696. The number of likely N-dealkylation sites (N-methyl/N-ethyl adjacent to an activating group) is 2. The average molecular weight is 361 g/mol. The third-order valence-electron chi connectivity index (χ3n) is 5.06. The summed E-state index contributed by atoms with van der Waals surface area (Å²) in [5.74, 6) is 0.969. The fourth-order valence-electron chi connectivity index (χ4n) is 3.65. The van der Waals surface area contributed by atoms with E-state index >= 15 is 0 Å². The summed E-state index contributed by atoms with van der Waals surface area (Å²) in [4.78, 5) is 34.3. The molecule has 1 atom stereocenters. The lowest BCUT2D eigenvalue weighted by atomic mass is 10.1. The Kier molecular flexibility index (Phi) is 3.57. The van der Waals surface area contributed by atoms with E-state index in [-0.39, 0.29) is 11.9 Å². The van der Waals surface area contributed by atoms with E-state index in [0.717, 1.165) is 35.7 Å². The molecule has 0 radical (unpaired) electrons. The van der Waals surface area contributed by atoms with E-state index in [1.165, 1.54) is 11.9 Å². The topological polar surface area (TPSA) is 59.2 Å². The minimum Gasteiger partial charge on any atom is -0.270 e. The second-order valence-corrected chi connectivity index (χ2v) is 6.90. The lowest BCUT2D eigenvalue weighted by Crippen LogP contribution is -2.62. The minimum absolute atomic E-state index is 0.235. The maximum atomic E-state index is 12.7. The highest BCUT2D eigenvalue weighted by Gasteiger charge is 2.53. The van der Waals surface area contributed by atoms with Crippen molar-refractivity contribution in [3.63, 3.8) is 0 Å². The number of hydrogen-bond donors (Lipinski definition) is 0. The van der Waals surface area contributed by atoms with Gasteiger partial charge in [-0.05, 0) is 19.1 Å². The van der Waals surface area contributed by atoms with Crippen molar-refractivity contribution in [2.24, 2.45) is 4.99 Å². The van der Waals surface area contributed by atoms with Crippen LogP contribution in [-0.4, -0.2) is 71.3 Å². The van der Waals surface area contributed by atoms with Crippen molar-refractivity contribution in [2.45, 2.75) is 19.4 Å². The number of hydrogen-bond acceptors (Lipinski definition) is 4. The Bertz CT molecular complexity index is 863. The fraction of sp³-hybridized carbons (Fsp3) is 0.412. The van der Waals surface area contributed by atoms with Crippen molar-refractivity contribution in [3.05, 3.63) is 28.8 Å². The SMILES string of the molecule is Cc1c(Cl)cccc1N1CCC[N+]2=C1N=C1C2C(=O)N(C)C(=O)N1C. The lowest BCUT2D eigenvalue weighted by molar-refractivity contribution is -0.539. The second-order valence-electron chi connectivity index (χ2n) is 6.49. The number of imide groups is 1.